The van der Waals surface area contributed by atoms with Crippen molar-refractivity contribution in [3.63, 3.8) is 0 Å². The second-order valence-electron chi connectivity index (χ2n) is 6.13. The van der Waals surface area contributed by atoms with Gasteiger partial charge >= 0.3 is 6.18 Å². The Bertz CT molecular complexity index is 318. The molecule has 0 N–H and O–H groups in total. The molecule has 1 rings (SSSR count). The fourth-order valence-corrected chi connectivity index (χ4v) is 2.48. The lowest BCUT2D eigenvalue weighted by Crippen LogP contribution is -2.42. The van der Waals surface area contributed by atoms with E-state index in [9.17, 15) is 13.2 Å². The zero-order valence-corrected chi connectivity index (χ0v) is 11.8. The lowest BCUT2D eigenvalue weighted by atomic mass is 9.89. The van der Waals surface area contributed by atoms with Crippen molar-refractivity contribution in [3.8, 4) is 6.07 Å². The molecule has 1 saturated heterocycles. The average Bonchev–Trinajstić information content (AvgIpc) is 2.34. The number of hydrogen-bond donors (Lipinski definition) is 0. The molecule has 2 nitrogen and oxygen atoms in total. The van der Waals surface area contributed by atoms with Gasteiger partial charge in [-0.1, -0.05) is 6.42 Å². The average molecular weight is 276 g/mol. The minimum Gasteiger partial charge on any atom is -0.303 e. The van der Waals surface area contributed by atoms with Gasteiger partial charge in [-0.05, 0) is 52.6 Å². The molecule has 0 bridgehead atoms. The Morgan fingerprint density at radius 2 is 1.95 bits per heavy atom. The van der Waals surface area contributed by atoms with Gasteiger partial charge in [0.15, 0.2) is 0 Å². The third kappa shape index (κ3) is 5.82. The Morgan fingerprint density at radius 1 is 1.26 bits per heavy atom. The summed E-state index contributed by atoms with van der Waals surface area (Å²) < 4.78 is 37.9. The van der Waals surface area contributed by atoms with Crippen LogP contribution < -0.4 is 0 Å². The van der Waals surface area contributed by atoms with E-state index in [1.807, 2.05) is 18.7 Å². The van der Waals surface area contributed by atoms with Gasteiger partial charge in [-0.2, -0.15) is 18.4 Å². The van der Waals surface area contributed by atoms with Crippen molar-refractivity contribution in [1.82, 2.24) is 4.90 Å². The third-order valence-corrected chi connectivity index (χ3v) is 3.80. The summed E-state index contributed by atoms with van der Waals surface area (Å²) in [6.07, 6.45) is -0.583. The van der Waals surface area contributed by atoms with Gasteiger partial charge in [0.1, 0.15) is 0 Å². The SMILES string of the molecule is CC(C)(C#N)CCCCN1CCCC(C(F)(F)F)C1. The first-order chi connectivity index (χ1) is 8.74. The second-order valence-corrected chi connectivity index (χ2v) is 6.13. The molecule has 0 aliphatic carbocycles. The molecule has 1 aliphatic heterocycles. The van der Waals surface area contributed by atoms with Crippen LogP contribution in [0, 0.1) is 22.7 Å². The van der Waals surface area contributed by atoms with Crippen LogP contribution in [0.4, 0.5) is 13.2 Å². The van der Waals surface area contributed by atoms with Crippen molar-refractivity contribution in [3.05, 3.63) is 0 Å². The predicted octanol–water partition coefficient (Wildman–Crippen LogP) is 3.98. The first kappa shape index (κ1) is 16.3. The smallest absolute Gasteiger partial charge is 0.303 e. The molecular formula is C14H23F3N2. The summed E-state index contributed by atoms with van der Waals surface area (Å²) in [4.78, 5) is 1.92. The summed E-state index contributed by atoms with van der Waals surface area (Å²) >= 11 is 0. The van der Waals surface area contributed by atoms with Gasteiger partial charge in [-0.3, -0.25) is 0 Å². The van der Waals surface area contributed by atoms with E-state index in [-0.39, 0.29) is 18.4 Å². The molecule has 1 atom stereocenters. The van der Waals surface area contributed by atoms with Crippen LogP contribution in [0.3, 0.4) is 0 Å². The number of nitrogens with zero attached hydrogens (tertiary/aromatic N) is 2. The highest BCUT2D eigenvalue weighted by atomic mass is 19.4. The number of rotatable bonds is 5. The normalized spacial score (nSPS) is 22.2. The molecule has 5 heteroatoms. The fourth-order valence-electron chi connectivity index (χ4n) is 2.48. The number of halogens is 3. The summed E-state index contributed by atoms with van der Waals surface area (Å²) in [6.45, 7) is 5.43. The molecule has 0 aromatic rings. The molecule has 1 heterocycles. The predicted molar refractivity (Wildman–Crippen MR) is 68.5 cm³/mol. The van der Waals surface area contributed by atoms with Crippen LogP contribution in [-0.2, 0) is 0 Å². The second kappa shape index (κ2) is 6.60. The fraction of sp³-hybridized carbons (Fsp3) is 0.929. The van der Waals surface area contributed by atoms with E-state index in [0.29, 0.717) is 13.0 Å². The van der Waals surface area contributed by atoms with Gasteiger partial charge in [-0.25, -0.2) is 0 Å². The zero-order chi connectivity index (χ0) is 14.5. The Balaban J connectivity index is 2.25. The topological polar surface area (TPSA) is 27.0 Å². The van der Waals surface area contributed by atoms with E-state index in [0.717, 1.165) is 25.8 Å². The van der Waals surface area contributed by atoms with Crippen LogP contribution in [0.2, 0.25) is 0 Å². The Kier molecular flexibility index (Phi) is 5.66. The quantitative estimate of drug-likeness (QED) is 0.710. The maximum Gasteiger partial charge on any atom is 0.393 e. The van der Waals surface area contributed by atoms with E-state index in [2.05, 4.69) is 6.07 Å². The lowest BCUT2D eigenvalue weighted by molar-refractivity contribution is -0.186. The third-order valence-electron chi connectivity index (χ3n) is 3.80. The van der Waals surface area contributed by atoms with Crippen molar-refractivity contribution in [2.24, 2.45) is 11.3 Å². The van der Waals surface area contributed by atoms with Crippen molar-refractivity contribution >= 4 is 0 Å². The monoisotopic (exact) mass is 276 g/mol. The van der Waals surface area contributed by atoms with Gasteiger partial charge in [0, 0.05) is 6.54 Å². The summed E-state index contributed by atoms with van der Waals surface area (Å²) in [7, 11) is 0. The molecule has 1 unspecified atom stereocenters. The van der Waals surface area contributed by atoms with E-state index in [4.69, 9.17) is 5.26 Å². The van der Waals surface area contributed by atoms with Crippen molar-refractivity contribution < 1.29 is 13.2 Å². The minimum absolute atomic E-state index is 0.144. The number of piperidine rings is 1. The Hall–Kier alpha value is -0.760. The van der Waals surface area contributed by atoms with E-state index in [1.54, 1.807) is 0 Å². The Labute approximate surface area is 113 Å². The van der Waals surface area contributed by atoms with Crippen LogP contribution >= 0.6 is 0 Å². The molecule has 0 aromatic heterocycles. The maximum absolute atomic E-state index is 12.6. The molecule has 0 saturated carbocycles. The summed E-state index contributed by atoms with van der Waals surface area (Å²) in [5.41, 5.74) is -0.323. The van der Waals surface area contributed by atoms with Crippen LogP contribution in [-0.4, -0.2) is 30.7 Å². The number of hydrogen-bond acceptors (Lipinski definition) is 2. The van der Waals surface area contributed by atoms with Gasteiger partial charge in [-0.15, -0.1) is 0 Å². The highest BCUT2D eigenvalue weighted by Crippen LogP contribution is 2.33. The minimum atomic E-state index is -4.05. The van der Waals surface area contributed by atoms with Crippen molar-refractivity contribution in [2.75, 3.05) is 19.6 Å². The van der Waals surface area contributed by atoms with Gasteiger partial charge in [0.05, 0.1) is 17.4 Å². The molecule has 1 fully saturated rings. The number of nitriles is 1. The summed E-state index contributed by atoms with van der Waals surface area (Å²) in [5, 5.41) is 8.88. The lowest BCUT2D eigenvalue weighted by Gasteiger charge is -2.33. The van der Waals surface area contributed by atoms with Crippen LogP contribution in [0.5, 0.6) is 0 Å². The number of unbranched alkanes of at least 4 members (excludes halogenated alkanes) is 1. The van der Waals surface area contributed by atoms with E-state index in [1.165, 1.54) is 0 Å². The van der Waals surface area contributed by atoms with Crippen molar-refractivity contribution in [1.29, 1.82) is 5.26 Å². The number of likely N-dealkylation sites (tertiary alicyclic amines) is 1. The zero-order valence-electron chi connectivity index (χ0n) is 11.8. The summed E-state index contributed by atoms with van der Waals surface area (Å²) in [5.74, 6) is -1.16. The van der Waals surface area contributed by atoms with E-state index < -0.39 is 12.1 Å². The van der Waals surface area contributed by atoms with Gasteiger partial charge in [0.25, 0.3) is 0 Å². The van der Waals surface area contributed by atoms with E-state index >= 15 is 0 Å². The first-order valence-electron chi connectivity index (χ1n) is 6.95. The van der Waals surface area contributed by atoms with Crippen LogP contribution in [0.1, 0.15) is 46.0 Å². The standard InChI is InChI=1S/C14H23F3N2/c1-13(2,11-18)7-3-4-8-19-9-5-6-12(10-19)14(15,16)17/h12H,3-10H2,1-2H3. The molecule has 1 aliphatic rings. The maximum atomic E-state index is 12.6. The van der Waals surface area contributed by atoms with Gasteiger partial charge in [0.2, 0.25) is 0 Å². The van der Waals surface area contributed by atoms with Gasteiger partial charge < -0.3 is 4.90 Å². The highest BCUT2D eigenvalue weighted by Gasteiger charge is 2.41. The first-order valence-corrected chi connectivity index (χ1v) is 6.95. The molecule has 19 heavy (non-hydrogen) atoms. The molecule has 0 aromatic carbocycles. The Morgan fingerprint density at radius 3 is 2.53 bits per heavy atom. The van der Waals surface area contributed by atoms with Crippen molar-refractivity contribution in [2.45, 2.75) is 52.1 Å². The molecule has 0 radical (unpaired) electrons. The highest BCUT2D eigenvalue weighted by molar-refractivity contribution is 4.91. The van der Waals surface area contributed by atoms with Crippen LogP contribution in [0.15, 0.2) is 0 Å². The molecule has 0 amide bonds. The number of alkyl halides is 3. The summed E-state index contributed by atoms with van der Waals surface area (Å²) in [6, 6.07) is 2.24. The molecule has 110 valence electrons. The molecule has 0 spiro atoms. The largest absolute Gasteiger partial charge is 0.393 e. The molecular weight excluding hydrogens is 253 g/mol. The van der Waals surface area contributed by atoms with Crippen LogP contribution in [0.25, 0.3) is 0 Å².